The molecule has 2 rings (SSSR count). The van der Waals surface area contributed by atoms with Crippen molar-refractivity contribution in [3.8, 4) is 5.75 Å². The molecular formula is C15H14BrFO2. The maximum atomic E-state index is 13.5. The summed E-state index contributed by atoms with van der Waals surface area (Å²) in [6.07, 6.45) is -0.937. The Morgan fingerprint density at radius 3 is 2.58 bits per heavy atom. The smallest absolute Gasteiger partial charge is 0.137 e. The van der Waals surface area contributed by atoms with Gasteiger partial charge in [0.2, 0.25) is 0 Å². The van der Waals surface area contributed by atoms with E-state index in [-0.39, 0.29) is 4.47 Å². The van der Waals surface area contributed by atoms with E-state index in [0.717, 1.165) is 0 Å². The molecule has 2 nitrogen and oxygen atoms in total. The monoisotopic (exact) mass is 324 g/mol. The minimum atomic E-state index is -0.937. The van der Waals surface area contributed by atoms with E-state index in [1.807, 2.05) is 19.1 Å². The van der Waals surface area contributed by atoms with Crippen molar-refractivity contribution in [2.45, 2.75) is 13.0 Å². The van der Waals surface area contributed by atoms with Crippen molar-refractivity contribution in [1.29, 1.82) is 0 Å². The first kappa shape index (κ1) is 14.0. The number of para-hydroxylation sites is 1. The van der Waals surface area contributed by atoms with Crippen LogP contribution in [0.15, 0.2) is 46.9 Å². The van der Waals surface area contributed by atoms with Gasteiger partial charge in [0.1, 0.15) is 17.7 Å². The van der Waals surface area contributed by atoms with Crippen LogP contribution in [0.5, 0.6) is 5.75 Å². The summed E-state index contributed by atoms with van der Waals surface area (Å²) in [6, 6.07) is 11.8. The van der Waals surface area contributed by atoms with E-state index in [9.17, 15) is 9.50 Å². The van der Waals surface area contributed by atoms with Crippen LogP contribution in [0.4, 0.5) is 4.39 Å². The number of ether oxygens (including phenoxy) is 1. The number of hydrogen-bond donors (Lipinski definition) is 1. The summed E-state index contributed by atoms with van der Waals surface area (Å²) in [4.78, 5) is 0. The molecule has 0 radical (unpaired) electrons. The highest BCUT2D eigenvalue weighted by Gasteiger charge is 2.19. The van der Waals surface area contributed by atoms with Crippen molar-refractivity contribution < 1.29 is 14.2 Å². The van der Waals surface area contributed by atoms with E-state index in [2.05, 4.69) is 15.9 Å². The molecule has 0 fully saturated rings. The molecule has 2 aromatic carbocycles. The molecule has 4 heteroatoms. The Bertz CT molecular complexity index is 572. The highest BCUT2D eigenvalue weighted by atomic mass is 79.9. The van der Waals surface area contributed by atoms with Crippen molar-refractivity contribution in [3.05, 3.63) is 63.9 Å². The van der Waals surface area contributed by atoms with Gasteiger partial charge in [0.05, 0.1) is 11.1 Å². The third kappa shape index (κ3) is 2.96. The van der Waals surface area contributed by atoms with Crippen LogP contribution in [0.2, 0.25) is 0 Å². The number of aliphatic hydroxyl groups is 1. The Morgan fingerprint density at radius 2 is 1.84 bits per heavy atom. The van der Waals surface area contributed by atoms with Crippen molar-refractivity contribution >= 4 is 15.9 Å². The Morgan fingerprint density at radius 1 is 1.16 bits per heavy atom. The Kier molecular flexibility index (Phi) is 4.56. The zero-order valence-electron chi connectivity index (χ0n) is 10.4. The van der Waals surface area contributed by atoms with Crippen LogP contribution < -0.4 is 4.74 Å². The summed E-state index contributed by atoms with van der Waals surface area (Å²) in [6.45, 7) is 2.38. The van der Waals surface area contributed by atoms with Gasteiger partial charge in [0, 0.05) is 11.1 Å². The van der Waals surface area contributed by atoms with E-state index in [1.54, 1.807) is 24.3 Å². The molecule has 1 atom stereocenters. The second kappa shape index (κ2) is 6.17. The van der Waals surface area contributed by atoms with Gasteiger partial charge in [-0.1, -0.05) is 30.3 Å². The van der Waals surface area contributed by atoms with Crippen molar-refractivity contribution in [3.63, 3.8) is 0 Å². The molecule has 0 heterocycles. The van der Waals surface area contributed by atoms with E-state index >= 15 is 0 Å². The van der Waals surface area contributed by atoms with Gasteiger partial charge in [-0.15, -0.1) is 0 Å². The van der Waals surface area contributed by atoms with Gasteiger partial charge in [-0.25, -0.2) is 4.39 Å². The third-order valence-electron chi connectivity index (χ3n) is 2.79. The molecule has 0 aromatic heterocycles. The molecule has 0 saturated carbocycles. The maximum absolute atomic E-state index is 13.5. The predicted octanol–water partition coefficient (Wildman–Crippen LogP) is 4.07. The Hall–Kier alpha value is -1.39. The lowest BCUT2D eigenvalue weighted by Crippen LogP contribution is -2.05. The molecule has 100 valence electrons. The molecule has 0 bridgehead atoms. The number of rotatable bonds is 4. The zero-order valence-corrected chi connectivity index (χ0v) is 12.0. The molecule has 0 saturated heterocycles. The highest BCUT2D eigenvalue weighted by molar-refractivity contribution is 9.10. The molecule has 0 aliphatic carbocycles. The van der Waals surface area contributed by atoms with E-state index in [1.165, 1.54) is 6.07 Å². The van der Waals surface area contributed by atoms with Crippen molar-refractivity contribution in [1.82, 2.24) is 0 Å². The van der Waals surface area contributed by atoms with Gasteiger partial charge in [-0.2, -0.15) is 0 Å². The first-order valence-electron chi connectivity index (χ1n) is 5.98. The van der Waals surface area contributed by atoms with Crippen LogP contribution in [0, 0.1) is 5.82 Å². The minimum Gasteiger partial charge on any atom is -0.493 e. The average molecular weight is 325 g/mol. The molecular weight excluding hydrogens is 311 g/mol. The second-order valence-corrected chi connectivity index (χ2v) is 4.81. The number of benzene rings is 2. The summed E-state index contributed by atoms with van der Waals surface area (Å²) >= 11 is 3.17. The minimum absolute atomic E-state index is 0.272. The van der Waals surface area contributed by atoms with Gasteiger partial charge in [0.15, 0.2) is 0 Å². The summed E-state index contributed by atoms with van der Waals surface area (Å²) in [5, 5.41) is 10.4. The van der Waals surface area contributed by atoms with Crippen LogP contribution >= 0.6 is 15.9 Å². The number of halogens is 2. The van der Waals surface area contributed by atoms with Gasteiger partial charge in [-0.3, -0.25) is 0 Å². The van der Waals surface area contributed by atoms with E-state index < -0.39 is 11.9 Å². The molecule has 1 N–H and O–H groups in total. The molecule has 0 aliphatic rings. The fourth-order valence-corrected chi connectivity index (χ4v) is 2.37. The number of aliphatic hydroxyl groups excluding tert-OH is 1. The van der Waals surface area contributed by atoms with Crippen LogP contribution in [-0.4, -0.2) is 11.7 Å². The average Bonchev–Trinajstić information content (AvgIpc) is 2.42. The van der Waals surface area contributed by atoms with Crippen molar-refractivity contribution in [2.75, 3.05) is 6.61 Å². The van der Waals surface area contributed by atoms with Crippen LogP contribution in [0.3, 0.4) is 0 Å². The van der Waals surface area contributed by atoms with E-state index in [4.69, 9.17) is 4.74 Å². The number of hydrogen-bond acceptors (Lipinski definition) is 2. The standard InChI is InChI=1S/C15H14BrFO2/c1-2-19-13-9-4-3-6-10(13)15(18)11-7-5-8-12(17)14(11)16/h3-9,15,18H,2H2,1H3. The normalized spacial score (nSPS) is 12.2. The Labute approximate surface area is 120 Å². The summed E-state index contributed by atoms with van der Waals surface area (Å²) < 4.78 is 19.3. The quantitative estimate of drug-likeness (QED) is 0.918. The summed E-state index contributed by atoms with van der Waals surface area (Å²) in [7, 11) is 0. The summed E-state index contributed by atoms with van der Waals surface area (Å²) in [5.41, 5.74) is 1.10. The lowest BCUT2D eigenvalue weighted by molar-refractivity contribution is 0.210. The molecule has 2 aromatic rings. The van der Waals surface area contributed by atoms with Crippen LogP contribution in [0.1, 0.15) is 24.2 Å². The largest absolute Gasteiger partial charge is 0.493 e. The highest BCUT2D eigenvalue weighted by Crippen LogP contribution is 2.34. The van der Waals surface area contributed by atoms with E-state index in [0.29, 0.717) is 23.5 Å². The molecule has 0 amide bonds. The molecule has 1 unspecified atom stereocenters. The topological polar surface area (TPSA) is 29.5 Å². The first-order valence-corrected chi connectivity index (χ1v) is 6.78. The molecule has 0 aliphatic heterocycles. The lowest BCUT2D eigenvalue weighted by Gasteiger charge is -2.17. The first-order chi connectivity index (χ1) is 9.15. The van der Waals surface area contributed by atoms with Crippen LogP contribution in [0.25, 0.3) is 0 Å². The third-order valence-corrected chi connectivity index (χ3v) is 3.63. The van der Waals surface area contributed by atoms with Crippen LogP contribution in [-0.2, 0) is 0 Å². The summed E-state index contributed by atoms with van der Waals surface area (Å²) in [5.74, 6) is 0.208. The molecule has 0 spiro atoms. The Balaban J connectivity index is 2.44. The lowest BCUT2D eigenvalue weighted by atomic mass is 10.0. The van der Waals surface area contributed by atoms with Crippen molar-refractivity contribution in [2.24, 2.45) is 0 Å². The van der Waals surface area contributed by atoms with Gasteiger partial charge in [-0.05, 0) is 35.0 Å². The zero-order chi connectivity index (χ0) is 13.8. The predicted molar refractivity (Wildman–Crippen MR) is 75.8 cm³/mol. The second-order valence-electron chi connectivity index (χ2n) is 4.02. The molecule has 19 heavy (non-hydrogen) atoms. The maximum Gasteiger partial charge on any atom is 0.137 e. The van der Waals surface area contributed by atoms with Gasteiger partial charge < -0.3 is 9.84 Å². The fraction of sp³-hybridized carbons (Fsp3) is 0.200. The SMILES string of the molecule is CCOc1ccccc1C(O)c1cccc(F)c1Br. The van der Waals surface area contributed by atoms with Gasteiger partial charge >= 0.3 is 0 Å². The van der Waals surface area contributed by atoms with Gasteiger partial charge in [0.25, 0.3) is 0 Å². The fourth-order valence-electron chi connectivity index (χ4n) is 1.89.